The monoisotopic (exact) mass is 419 g/mol. The summed E-state index contributed by atoms with van der Waals surface area (Å²) in [6.07, 6.45) is 0.890. The van der Waals surface area contributed by atoms with E-state index in [1.165, 1.54) is 12.0 Å². The number of carbonyl (C=O) groups excluding carboxylic acids is 2. The molecule has 154 valence electrons. The van der Waals surface area contributed by atoms with E-state index in [2.05, 4.69) is 0 Å². The molecule has 2 aromatic rings. The van der Waals surface area contributed by atoms with Gasteiger partial charge in [-0.1, -0.05) is 17.7 Å². The van der Waals surface area contributed by atoms with Gasteiger partial charge >= 0.3 is 0 Å². The van der Waals surface area contributed by atoms with Crippen molar-refractivity contribution in [1.82, 2.24) is 0 Å². The van der Waals surface area contributed by atoms with Crippen molar-refractivity contribution in [2.75, 3.05) is 32.8 Å². The van der Waals surface area contributed by atoms with Gasteiger partial charge in [0.2, 0.25) is 5.91 Å². The summed E-state index contributed by atoms with van der Waals surface area (Å²) in [5, 5.41) is 2.26. The van der Waals surface area contributed by atoms with Gasteiger partial charge in [-0.25, -0.2) is 4.90 Å². The normalized spacial score (nSPS) is 16.3. The van der Waals surface area contributed by atoms with Crippen LogP contribution in [0.25, 0.3) is 0 Å². The topological polar surface area (TPSA) is 81.7 Å². The Kier molecular flexibility index (Phi) is 6.61. The fourth-order valence-corrected chi connectivity index (χ4v) is 3.64. The molecular weight excluding hydrogens is 396 g/mol. The zero-order chi connectivity index (χ0) is 21.0. The summed E-state index contributed by atoms with van der Waals surface area (Å²) in [6.45, 7) is 0.663. The Morgan fingerprint density at radius 1 is 1.00 bits per heavy atom. The van der Waals surface area contributed by atoms with Crippen molar-refractivity contribution in [3.05, 3.63) is 47.0 Å². The summed E-state index contributed by atoms with van der Waals surface area (Å²) in [5.74, 6) is 1.37. The Bertz CT molecular complexity index is 918. The van der Waals surface area contributed by atoms with Crippen molar-refractivity contribution in [1.29, 1.82) is 0 Å². The second-order valence-corrected chi connectivity index (χ2v) is 7.07. The molecule has 0 aromatic heterocycles. The average molecular weight is 420 g/mol. The van der Waals surface area contributed by atoms with E-state index >= 15 is 0 Å². The van der Waals surface area contributed by atoms with Crippen LogP contribution in [0.4, 0.5) is 5.69 Å². The fourth-order valence-electron chi connectivity index (χ4n) is 3.39. The summed E-state index contributed by atoms with van der Waals surface area (Å²) >= 11 is 6.14. The Balaban J connectivity index is 1.62. The van der Waals surface area contributed by atoms with Crippen LogP contribution in [0.2, 0.25) is 5.02 Å². The molecule has 0 spiro atoms. The third kappa shape index (κ3) is 4.46. The molecule has 0 bridgehead atoms. The number of amides is 2. The van der Waals surface area contributed by atoms with E-state index in [0.717, 1.165) is 12.0 Å². The smallest absolute Gasteiger partial charge is 0.292 e. The lowest BCUT2D eigenvalue weighted by atomic mass is 10.1. The molecule has 1 aliphatic rings. The zero-order valence-electron chi connectivity index (χ0n) is 16.6. The molecule has 1 saturated heterocycles. The number of anilines is 1. The molecule has 1 heterocycles. The Labute approximate surface area is 174 Å². The number of benzene rings is 2. The molecule has 2 amide bonds. The highest BCUT2D eigenvalue weighted by molar-refractivity contribution is 6.32. The number of carbonyl (C=O) groups is 2. The molecular formula is C21H24ClN2O5+. The average Bonchev–Trinajstić information content (AvgIpc) is 3.01. The first kappa shape index (κ1) is 21.0. The van der Waals surface area contributed by atoms with Crippen LogP contribution in [0.15, 0.2) is 36.4 Å². The molecule has 7 nitrogen and oxygen atoms in total. The van der Waals surface area contributed by atoms with Gasteiger partial charge in [-0.2, -0.15) is 0 Å². The van der Waals surface area contributed by atoms with E-state index in [1.54, 1.807) is 32.4 Å². The van der Waals surface area contributed by atoms with Crippen molar-refractivity contribution in [2.45, 2.75) is 18.9 Å². The van der Waals surface area contributed by atoms with Crippen molar-refractivity contribution in [3.8, 4) is 17.2 Å². The molecule has 2 N–H and O–H groups in total. The van der Waals surface area contributed by atoms with E-state index < -0.39 is 6.04 Å². The summed E-state index contributed by atoms with van der Waals surface area (Å²) < 4.78 is 15.7. The number of halogens is 1. The van der Waals surface area contributed by atoms with Crippen LogP contribution in [-0.2, 0) is 16.0 Å². The maximum atomic E-state index is 12.8. The van der Waals surface area contributed by atoms with Gasteiger partial charge in [-0.15, -0.1) is 0 Å². The minimum absolute atomic E-state index is 0.161. The number of imide groups is 1. The van der Waals surface area contributed by atoms with Crippen LogP contribution in [0.3, 0.4) is 0 Å². The molecule has 1 atom stereocenters. The fraction of sp³-hybridized carbons (Fsp3) is 0.333. The van der Waals surface area contributed by atoms with Crippen LogP contribution in [0.1, 0.15) is 12.0 Å². The minimum atomic E-state index is -0.441. The number of rotatable bonds is 8. The second-order valence-electron chi connectivity index (χ2n) is 6.66. The van der Waals surface area contributed by atoms with Crippen molar-refractivity contribution in [3.63, 3.8) is 0 Å². The molecule has 1 fully saturated rings. The van der Waals surface area contributed by atoms with Crippen LogP contribution >= 0.6 is 11.6 Å². The summed E-state index contributed by atoms with van der Waals surface area (Å²) in [6, 6.07) is 10.2. The van der Waals surface area contributed by atoms with Gasteiger partial charge in [-0.05, 0) is 35.9 Å². The molecule has 0 saturated carbocycles. The van der Waals surface area contributed by atoms with Crippen LogP contribution in [-0.4, -0.2) is 45.7 Å². The predicted octanol–water partition coefficient (Wildman–Crippen LogP) is 1.80. The molecule has 29 heavy (non-hydrogen) atoms. The maximum absolute atomic E-state index is 12.8. The first-order valence-electron chi connectivity index (χ1n) is 9.23. The number of hydrogen-bond donors (Lipinski definition) is 1. The lowest BCUT2D eigenvalue weighted by Gasteiger charge is -2.15. The van der Waals surface area contributed by atoms with Crippen LogP contribution < -0.4 is 24.4 Å². The Morgan fingerprint density at radius 2 is 1.69 bits per heavy atom. The predicted molar refractivity (Wildman–Crippen MR) is 109 cm³/mol. The molecule has 2 aromatic carbocycles. The van der Waals surface area contributed by atoms with Gasteiger partial charge < -0.3 is 19.5 Å². The van der Waals surface area contributed by atoms with Crippen LogP contribution in [0.5, 0.6) is 17.2 Å². The third-order valence-electron chi connectivity index (χ3n) is 4.91. The SMILES string of the molecule is COc1ccc(N2C(=O)CC([NH2+]CCc3ccc(OC)c(OC)c3)C2=O)cc1Cl. The first-order chi connectivity index (χ1) is 14.0. The molecule has 8 heteroatoms. The number of nitrogens with two attached hydrogens (primary N) is 1. The van der Waals surface area contributed by atoms with E-state index in [-0.39, 0.29) is 18.2 Å². The van der Waals surface area contributed by atoms with Gasteiger partial charge in [0, 0.05) is 6.42 Å². The van der Waals surface area contributed by atoms with Gasteiger partial charge in [0.15, 0.2) is 17.5 Å². The quantitative estimate of drug-likeness (QED) is 0.660. The standard InChI is InChI=1S/C21H23ClN2O5/c1-27-17-7-5-14(11-15(17)22)24-20(25)12-16(21(24)26)23-9-8-13-4-6-18(28-2)19(10-13)29-3/h4-7,10-11,16,23H,8-9,12H2,1-3H3/p+1. The highest BCUT2D eigenvalue weighted by Crippen LogP contribution is 2.31. The first-order valence-corrected chi connectivity index (χ1v) is 9.60. The Morgan fingerprint density at radius 3 is 2.34 bits per heavy atom. The van der Waals surface area contributed by atoms with Gasteiger partial charge in [0.05, 0.1) is 45.0 Å². The third-order valence-corrected chi connectivity index (χ3v) is 5.20. The van der Waals surface area contributed by atoms with Crippen molar-refractivity contribution in [2.24, 2.45) is 0 Å². The molecule has 0 radical (unpaired) electrons. The summed E-state index contributed by atoms with van der Waals surface area (Å²) in [7, 11) is 4.70. The second kappa shape index (κ2) is 9.15. The zero-order valence-corrected chi connectivity index (χ0v) is 17.4. The van der Waals surface area contributed by atoms with Gasteiger partial charge in [-0.3, -0.25) is 9.59 Å². The number of quaternary nitrogens is 1. The molecule has 3 rings (SSSR count). The lowest BCUT2D eigenvalue weighted by Crippen LogP contribution is -2.92. The lowest BCUT2D eigenvalue weighted by molar-refractivity contribution is -0.674. The van der Waals surface area contributed by atoms with Crippen LogP contribution in [0, 0.1) is 0 Å². The van der Waals surface area contributed by atoms with Gasteiger partial charge in [0.25, 0.3) is 5.91 Å². The molecule has 1 unspecified atom stereocenters. The minimum Gasteiger partial charge on any atom is -0.495 e. The number of methoxy groups -OCH3 is 3. The van der Waals surface area contributed by atoms with E-state index in [1.807, 2.05) is 23.5 Å². The maximum Gasteiger partial charge on any atom is 0.292 e. The molecule has 0 aliphatic carbocycles. The number of ether oxygens (including phenoxy) is 3. The largest absolute Gasteiger partial charge is 0.495 e. The highest BCUT2D eigenvalue weighted by Gasteiger charge is 2.42. The Hall–Kier alpha value is -2.77. The number of nitrogens with zero attached hydrogens (tertiary/aromatic N) is 1. The van der Waals surface area contributed by atoms with E-state index in [4.69, 9.17) is 25.8 Å². The molecule has 1 aliphatic heterocycles. The van der Waals surface area contributed by atoms with Crippen molar-refractivity contribution >= 4 is 29.1 Å². The van der Waals surface area contributed by atoms with E-state index in [9.17, 15) is 9.59 Å². The van der Waals surface area contributed by atoms with Crippen molar-refractivity contribution < 1.29 is 29.1 Å². The van der Waals surface area contributed by atoms with E-state index in [0.29, 0.717) is 34.5 Å². The number of hydrogen-bond acceptors (Lipinski definition) is 5. The summed E-state index contributed by atoms with van der Waals surface area (Å²) in [5.41, 5.74) is 1.52. The van der Waals surface area contributed by atoms with Gasteiger partial charge in [0.1, 0.15) is 5.75 Å². The highest BCUT2D eigenvalue weighted by atomic mass is 35.5. The summed E-state index contributed by atoms with van der Waals surface area (Å²) in [4.78, 5) is 26.4.